The second-order valence-electron chi connectivity index (χ2n) is 6.61. The molecule has 0 aliphatic carbocycles. The van der Waals surface area contributed by atoms with Crippen molar-refractivity contribution >= 4 is 28.0 Å². The van der Waals surface area contributed by atoms with Crippen LogP contribution in [-0.2, 0) is 20.7 Å². The molecule has 0 saturated carbocycles. The minimum atomic E-state index is -1.17. The molecule has 1 unspecified atom stereocenters. The van der Waals surface area contributed by atoms with Crippen LogP contribution in [0.3, 0.4) is 0 Å². The van der Waals surface area contributed by atoms with Crippen molar-refractivity contribution in [3.63, 3.8) is 0 Å². The lowest BCUT2D eigenvalue weighted by Crippen LogP contribution is -2.56. The van der Waals surface area contributed by atoms with Gasteiger partial charge in [0.15, 0.2) is 0 Å². The van der Waals surface area contributed by atoms with Gasteiger partial charge in [0.2, 0.25) is 0 Å². The van der Waals surface area contributed by atoms with Gasteiger partial charge in [-0.1, -0.05) is 28.1 Å². The molecule has 0 bridgehead atoms. The number of methoxy groups -OCH3 is 1. The predicted octanol–water partition coefficient (Wildman–Crippen LogP) is 3.79. The zero-order valence-electron chi connectivity index (χ0n) is 14.5. The highest BCUT2D eigenvalue weighted by molar-refractivity contribution is 9.10. The number of hydrogen-bond donors (Lipinski definition) is 0. The van der Waals surface area contributed by atoms with Gasteiger partial charge < -0.3 is 9.47 Å². The number of carbonyl (C=O) groups excluding carboxylic acids is 2. The number of ether oxygens (including phenoxy) is 2. The van der Waals surface area contributed by atoms with Gasteiger partial charge >= 0.3 is 12.1 Å². The SMILES string of the molecule is COC(=O)C(C)(Cc1cccc(Br)c1)N(C)C(=O)OC(C)(C)C. The van der Waals surface area contributed by atoms with E-state index in [2.05, 4.69) is 15.9 Å². The van der Waals surface area contributed by atoms with Gasteiger partial charge in [-0.2, -0.15) is 0 Å². The molecule has 1 rings (SSSR count). The van der Waals surface area contributed by atoms with Gasteiger partial charge in [-0.05, 0) is 45.4 Å². The molecule has 0 aromatic heterocycles. The first-order valence-corrected chi connectivity index (χ1v) is 8.08. The van der Waals surface area contributed by atoms with Crippen LogP contribution >= 0.6 is 15.9 Å². The van der Waals surface area contributed by atoms with Crippen molar-refractivity contribution in [3.05, 3.63) is 34.3 Å². The van der Waals surface area contributed by atoms with Gasteiger partial charge in [0.1, 0.15) is 11.1 Å². The third-order valence-electron chi connectivity index (χ3n) is 3.47. The number of nitrogens with zero attached hydrogens (tertiary/aromatic N) is 1. The average molecular weight is 386 g/mol. The molecular formula is C17H24BrNO4. The number of benzene rings is 1. The summed E-state index contributed by atoms with van der Waals surface area (Å²) in [5, 5.41) is 0. The van der Waals surface area contributed by atoms with E-state index in [0.717, 1.165) is 10.0 Å². The molecule has 0 N–H and O–H groups in total. The Balaban J connectivity index is 3.11. The van der Waals surface area contributed by atoms with Crippen LogP contribution in [0.15, 0.2) is 28.7 Å². The number of halogens is 1. The molecule has 0 aliphatic heterocycles. The Labute approximate surface area is 146 Å². The third-order valence-corrected chi connectivity index (χ3v) is 3.96. The van der Waals surface area contributed by atoms with E-state index in [9.17, 15) is 9.59 Å². The average Bonchev–Trinajstić information content (AvgIpc) is 2.43. The fourth-order valence-electron chi connectivity index (χ4n) is 2.12. The summed E-state index contributed by atoms with van der Waals surface area (Å²) in [4.78, 5) is 26.0. The van der Waals surface area contributed by atoms with Crippen molar-refractivity contribution in [2.45, 2.75) is 45.3 Å². The maximum atomic E-state index is 12.4. The monoisotopic (exact) mass is 385 g/mol. The first-order valence-electron chi connectivity index (χ1n) is 7.29. The highest BCUT2D eigenvalue weighted by Gasteiger charge is 2.43. The van der Waals surface area contributed by atoms with Crippen molar-refractivity contribution < 1.29 is 19.1 Å². The van der Waals surface area contributed by atoms with Crippen molar-refractivity contribution in [1.29, 1.82) is 0 Å². The third kappa shape index (κ3) is 5.23. The van der Waals surface area contributed by atoms with E-state index in [1.807, 2.05) is 24.3 Å². The molecule has 5 nitrogen and oxygen atoms in total. The van der Waals surface area contributed by atoms with Crippen molar-refractivity contribution in [2.24, 2.45) is 0 Å². The number of rotatable bonds is 4. The number of amides is 1. The zero-order valence-corrected chi connectivity index (χ0v) is 16.1. The Kier molecular flexibility index (Phi) is 6.22. The normalized spacial score (nSPS) is 13.9. The van der Waals surface area contributed by atoms with Crippen LogP contribution in [-0.4, -0.2) is 42.3 Å². The fourth-order valence-corrected chi connectivity index (χ4v) is 2.57. The molecular weight excluding hydrogens is 362 g/mol. The zero-order chi connectivity index (χ0) is 17.8. The standard InChI is InChI=1S/C17H24BrNO4/c1-16(2,3)23-15(21)19(5)17(4,14(20)22-6)11-12-8-7-9-13(18)10-12/h7-10H,11H2,1-6H3. The summed E-state index contributed by atoms with van der Waals surface area (Å²) < 4.78 is 11.2. The predicted molar refractivity (Wildman–Crippen MR) is 92.3 cm³/mol. The molecule has 23 heavy (non-hydrogen) atoms. The number of likely N-dealkylation sites (N-methyl/N-ethyl adjacent to an activating group) is 1. The molecule has 0 heterocycles. The Hall–Kier alpha value is -1.56. The molecule has 0 fully saturated rings. The quantitative estimate of drug-likeness (QED) is 0.739. The maximum absolute atomic E-state index is 12.4. The fraction of sp³-hybridized carbons (Fsp3) is 0.529. The first-order chi connectivity index (χ1) is 10.5. The minimum Gasteiger partial charge on any atom is -0.467 e. The van der Waals surface area contributed by atoms with Gasteiger partial charge in [-0.25, -0.2) is 9.59 Å². The second kappa shape index (κ2) is 7.34. The summed E-state index contributed by atoms with van der Waals surface area (Å²) in [6, 6.07) is 7.58. The Morgan fingerprint density at radius 2 is 1.83 bits per heavy atom. The van der Waals surface area contributed by atoms with Crippen LogP contribution in [0, 0.1) is 0 Å². The molecule has 1 aromatic carbocycles. The Morgan fingerprint density at radius 1 is 1.22 bits per heavy atom. The molecule has 0 radical (unpaired) electrons. The lowest BCUT2D eigenvalue weighted by Gasteiger charge is -2.37. The molecule has 1 aromatic rings. The highest BCUT2D eigenvalue weighted by Crippen LogP contribution is 2.25. The van der Waals surface area contributed by atoms with E-state index < -0.39 is 23.2 Å². The van der Waals surface area contributed by atoms with E-state index in [1.165, 1.54) is 12.0 Å². The molecule has 6 heteroatoms. The lowest BCUT2D eigenvalue weighted by atomic mass is 9.91. The van der Waals surface area contributed by atoms with Crippen LogP contribution in [0.1, 0.15) is 33.3 Å². The van der Waals surface area contributed by atoms with Gasteiger partial charge in [-0.15, -0.1) is 0 Å². The van der Waals surface area contributed by atoms with E-state index in [1.54, 1.807) is 34.7 Å². The number of hydrogen-bond acceptors (Lipinski definition) is 4. The number of carbonyl (C=O) groups is 2. The van der Waals surface area contributed by atoms with Crippen LogP contribution in [0.25, 0.3) is 0 Å². The van der Waals surface area contributed by atoms with Crippen LogP contribution in [0.2, 0.25) is 0 Å². The van der Waals surface area contributed by atoms with Crippen molar-refractivity contribution in [3.8, 4) is 0 Å². The molecule has 0 saturated heterocycles. The molecule has 1 amide bonds. The molecule has 0 spiro atoms. The van der Waals surface area contributed by atoms with Crippen LogP contribution in [0.4, 0.5) is 4.79 Å². The summed E-state index contributed by atoms with van der Waals surface area (Å²) >= 11 is 3.41. The van der Waals surface area contributed by atoms with Gasteiger partial charge in [-0.3, -0.25) is 4.90 Å². The van der Waals surface area contributed by atoms with Crippen LogP contribution in [0.5, 0.6) is 0 Å². The molecule has 1 atom stereocenters. The topological polar surface area (TPSA) is 55.8 Å². The summed E-state index contributed by atoms with van der Waals surface area (Å²) in [5.74, 6) is -0.495. The summed E-state index contributed by atoms with van der Waals surface area (Å²) in [6.45, 7) is 7.01. The summed E-state index contributed by atoms with van der Waals surface area (Å²) in [5.41, 5.74) is -0.904. The Morgan fingerprint density at radius 3 is 2.30 bits per heavy atom. The molecule has 0 aliphatic rings. The van der Waals surface area contributed by atoms with E-state index in [-0.39, 0.29) is 0 Å². The summed E-state index contributed by atoms with van der Waals surface area (Å²) in [7, 11) is 2.85. The molecule has 128 valence electrons. The van der Waals surface area contributed by atoms with Crippen LogP contribution < -0.4 is 0 Å². The highest BCUT2D eigenvalue weighted by atomic mass is 79.9. The summed E-state index contributed by atoms with van der Waals surface area (Å²) in [6.07, 6.45) is -0.255. The lowest BCUT2D eigenvalue weighted by molar-refractivity contribution is -0.153. The Bertz CT molecular complexity index is 582. The second-order valence-corrected chi connectivity index (χ2v) is 7.53. The minimum absolute atomic E-state index is 0.314. The van der Waals surface area contributed by atoms with Gasteiger partial charge in [0, 0.05) is 17.9 Å². The smallest absolute Gasteiger partial charge is 0.410 e. The van der Waals surface area contributed by atoms with E-state index >= 15 is 0 Å². The largest absolute Gasteiger partial charge is 0.467 e. The van der Waals surface area contributed by atoms with Gasteiger partial charge in [0.25, 0.3) is 0 Å². The van der Waals surface area contributed by atoms with Crippen molar-refractivity contribution in [1.82, 2.24) is 4.90 Å². The van der Waals surface area contributed by atoms with E-state index in [0.29, 0.717) is 6.42 Å². The number of esters is 1. The van der Waals surface area contributed by atoms with Crippen molar-refractivity contribution in [2.75, 3.05) is 14.2 Å². The maximum Gasteiger partial charge on any atom is 0.410 e. The van der Waals surface area contributed by atoms with E-state index in [4.69, 9.17) is 9.47 Å². The van der Waals surface area contributed by atoms with Gasteiger partial charge in [0.05, 0.1) is 7.11 Å². The first kappa shape index (κ1) is 19.5.